The van der Waals surface area contributed by atoms with Gasteiger partial charge >= 0.3 is 0 Å². The molecule has 0 aliphatic carbocycles. The first kappa shape index (κ1) is 23.7. The molecule has 0 bridgehead atoms. The summed E-state index contributed by atoms with van der Waals surface area (Å²) in [5.74, 6) is 0. The van der Waals surface area contributed by atoms with E-state index in [1.54, 1.807) is 12.1 Å². The lowest BCUT2D eigenvalue weighted by Crippen LogP contribution is -2.31. The number of hydrogen-bond acceptors (Lipinski definition) is 4. The third kappa shape index (κ3) is 5.32. The first-order chi connectivity index (χ1) is 13.4. The summed E-state index contributed by atoms with van der Waals surface area (Å²) in [6.45, 7) is 13.4. The van der Waals surface area contributed by atoms with Crippen LogP contribution in [-0.4, -0.2) is 17.0 Å². The van der Waals surface area contributed by atoms with E-state index in [-0.39, 0.29) is 23.5 Å². The smallest absolute Gasteiger partial charge is 0.271 e. The van der Waals surface area contributed by atoms with Crippen LogP contribution >= 0.6 is 0 Å². The number of nitrogens with zero attached hydrogens (tertiary/aromatic N) is 1. The zero-order chi connectivity index (χ0) is 21.4. The van der Waals surface area contributed by atoms with Crippen molar-refractivity contribution in [2.24, 2.45) is 10.8 Å². The van der Waals surface area contributed by atoms with E-state index in [1.807, 2.05) is 6.07 Å². The summed E-state index contributed by atoms with van der Waals surface area (Å²) in [5.41, 5.74) is 5.53. The third-order valence-corrected chi connectivity index (χ3v) is 5.92. The van der Waals surface area contributed by atoms with Crippen molar-refractivity contribution < 1.29 is 4.92 Å². The Bertz CT molecular complexity index is 869. The van der Waals surface area contributed by atoms with Crippen molar-refractivity contribution in [2.45, 2.75) is 73.9 Å². The van der Waals surface area contributed by atoms with Gasteiger partial charge in [-0.1, -0.05) is 73.2 Å². The standard InChI is InChI=1S/C12H16N2O2.C12H17N.CH4/c1-12(2,3)11-6-8-4-5-9(14(15)16)7-10(8)13-11;1-12(2,3)11-8-9-6-4-5-7-10(9)13-11;/h4-5,7,11,13H,6H2,1-3H3;4-7,11,13H,8H2,1-3H3;1H4. The monoisotopic (exact) mass is 411 g/mol. The van der Waals surface area contributed by atoms with Crippen LogP contribution in [0, 0.1) is 20.9 Å². The molecule has 2 atom stereocenters. The summed E-state index contributed by atoms with van der Waals surface area (Å²) >= 11 is 0. The highest BCUT2D eigenvalue weighted by Crippen LogP contribution is 2.36. The van der Waals surface area contributed by atoms with Crippen LogP contribution in [0.3, 0.4) is 0 Å². The topological polar surface area (TPSA) is 67.2 Å². The molecule has 0 saturated carbocycles. The largest absolute Gasteiger partial charge is 0.381 e. The molecule has 4 rings (SSSR count). The van der Waals surface area contributed by atoms with E-state index in [4.69, 9.17) is 0 Å². The van der Waals surface area contributed by atoms with Crippen LogP contribution in [-0.2, 0) is 12.8 Å². The van der Waals surface area contributed by atoms with E-state index in [2.05, 4.69) is 76.4 Å². The maximum Gasteiger partial charge on any atom is 0.271 e. The van der Waals surface area contributed by atoms with Crippen molar-refractivity contribution in [1.82, 2.24) is 0 Å². The van der Waals surface area contributed by atoms with Gasteiger partial charge in [0.05, 0.1) is 4.92 Å². The van der Waals surface area contributed by atoms with Crippen LogP contribution < -0.4 is 10.6 Å². The number of rotatable bonds is 1. The third-order valence-electron chi connectivity index (χ3n) is 5.92. The fraction of sp³-hybridized carbons (Fsp3) is 0.520. The molecule has 0 saturated heterocycles. The van der Waals surface area contributed by atoms with Gasteiger partial charge in [-0.15, -0.1) is 0 Å². The van der Waals surface area contributed by atoms with E-state index >= 15 is 0 Å². The molecule has 5 heteroatoms. The Labute approximate surface area is 181 Å². The highest BCUT2D eigenvalue weighted by molar-refractivity contribution is 5.62. The van der Waals surface area contributed by atoms with Crippen LogP contribution in [0.25, 0.3) is 0 Å². The van der Waals surface area contributed by atoms with Crippen molar-refractivity contribution in [1.29, 1.82) is 0 Å². The van der Waals surface area contributed by atoms with Gasteiger partial charge < -0.3 is 10.6 Å². The average Bonchev–Trinajstić information content (AvgIpc) is 3.25. The van der Waals surface area contributed by atoms with Gasteiger partial charge in [0, 0.05) is 35.6 Å². The second kappa shape index (κ2) is 8.66. The molecule has 0 spiro atoms. The molecule has 2 heterocycles. The molecule has 0 aromatic heterocycles. The number of anilines is 2. The van der Waals surface area contributed by atoms with Crippen LogP contribution in [0.1, 0.15) is 60.1 Å². The summed E-state index contributed by atoms with van der Waals surface area (Å²) in [7, 11) is 0. The Balaban J connectivity index is 0.000000211. The minimum Gasteiger partial charge on any atom is -0.381 e. The zero-order valence-electron chi connectivity index (χ0n) is 18.4. The Morgan fingerprint density at radius 1 is 0.833 bits per heavy atom. The van der Waals surface area contributed by atoms with E-state index < -0.39 is 0 Å². The average molecular weight is 412 g/mol. The number of fused-ring (bicyclic) bond motifs is 2. The second-order valence-corrected chi connectivity index (χ2v) is 10.3. The minimum atomic E-state index is -0.355. The first-order valence-corrected chi connectivity index (χ1v) is 10.3. The zero-order valence-corrected chi connectivity index (χ0v) is 18.4. The van der Waals surface area contributed by atoms with Gasteiger partial charge in [-0.2, -0.15) is 0 Å². The summed E-state index contributed by atoms with van der Waals surface area (Å²) in [6.07, 6.45) is 2.11. The predicted molar refractivity (Wildman–Crippen MR) is 127 cm³/mol. The van der Waals surface area contributed by atoms with E-state index in [0.29, 0.717) is 17.5 Å². The maximum absolute atomic E-state index is 10.7. The fourth-order valence-corrected chi connectivity index (χ4v) is 3.79. The quantitative estimate of drug-likeness (QED) is 0.405. The van der Waals surface area contributed by atoms with Crippen molar-refractivity contribution in [3.8, 4) is 0 Å². The number of benzene rings is 2. The molecule has 2 aromatic carbocycles. The SMILES string of the molecule is C.CC(C)(C)C1Cc2ccc([N+](=O)[O-])cc2N1.CC(C)(C)C1Cc2ccccc2N1. The Kier molecular flexibility index (Phi) is 6.85. The lowest BCUT2D eigenvalue weighted by molar-refractivity contribution is -0.384. The van der Waals surface area contributed by atoms with Crippen molar-refractivity contribution in [3.05, 3.63) is 63.7 Å². The molecule has 2 unspecified atom stereocenters. The molecule has 2 aliphatic heterocycles. The van der Waals surface area contributed by atoms with E-state index in [0.717, 1.165) is 12.1 Å². The molecule has 0 fully saturated rings. The molecule has 5 nitrogen and oxygen atoms in total. The Hall–Kier alpha value is -2.56. The predicted octanol–water partition coefficient (Wildman–Crippen LogP) is 6.68. The van der Waals surface area contributed by atoms with Gasteiger partial charge in [-0.3, -0.25) is 10.1 Å². The van der Waals surface area contributed by atoms with Crippen molar-refractivity contribution >= 4 is 17.1 Å². The number of nitro groups is 1. The lowest BCUT2D eigenvalue weighted by atomic mass is 9.85. The van der Waals surface area contributed by atoms with Crippen LogP contribution in [0.4, 0.5) is 17.1 Å². The number of hydrogen-bond donors (Lipinski definition) is 2. The molecular weight excluding hydrogens is 374 g/mol. The molecule has 30 heavy (non-hydrogen) atoms. The lowest BCUT2D eigenvalue weighted by Gasteiger charge is -2.27. The van der Waals surface area contributed by atoms with E-state index in [1.165, 1.54) is 23.2 Å². The van der Waals surface area contributed by atoms with Gasteiger partial charge in [-0.05, 0) is 40.9 Å². The number of para-hydroxylation sites is 1. The first-order valence-electron chi connectivity index (χ1n) is 10.3. The normalized spacial score (nSPS) is 19.3. The van der Waals surface area contributed by atoms with Gasteiger partial charge in [0.25, 0.3) is 5.69 Å². The molecule has 164 valence electrons. The van der Waals surface area contributed by atoms with Gasteiger partial charge in [-0.25, -0.2) is 0 Å². The number of nitrogens with one attached hydrogen (secondary N) is 2. The van der Waals surface area contributed by atoms with E-state index in [9.17, 15) is 10.1 Å². The van der Waals surface area contributed by atoms with Gasteiger partial charge in [0.1, 0.15) is 0 Å². The highest BCUT2D eigenvalue weighted by Gasteiger charge is 2.31. The highest BCUT2D eigenvalue weighted by atomic mass is 16.6. The van der Waals surface area contributed by atoms with Gasteiger partial charge in [0.2, 0.25) is 0 Å². The fourth-order valence-electron chi connectivity index (χ4n) is 3.79. The number of non-ortho nitro benzene ring substituents is 1. The van der Waals surface area contributed by atoms with Gasteiger partial charge in [0.15, 0.2) is 0 Å². The summed E-state index contributed by atoms with van der Waals surface area (Å²) in [5, 5.41) is 17.6. The molecular formula is C25H37N3O2. The molecule has 2 aliphatic rings. The summed E-state index contributed by atoms with van der Waals surface area (Å²) in [4.78, 5) is 10.3. The second-order valence-electron chi connectivity index (χ2n) is 10.3. The molecule has 0 radical (unpaired) electrons. The molecule has 2 aromatic rings. The van der Waals surface area contributed by atoms with Crippen LogP contribution in [0.2, 0.25) is 0 Å². The Morgan fingerprint density at radius 3 is 1.83 bits per heavy atom. The number of nitro benzene ring substituents is 1. The van der Waals surface area contributed by atoms with Crippen LogP contribution in [0.15, 0.2) is 42.5 Å². The van der Waals surface area contributed by atoms with Crippen LogP contribution in [0.5, 0.6) is 0 Å². The maximum atomic E-state index is 10.7. The Morgan fingerprint density at radius 2 is 1.33 bits per heavy atom. The summed E-state index contributed by atoms with van der Waals surface area (Å²) in [6, 6.07) is 14.6. The minimum absolute atomic E-state index is 0. The van der Waals surface area contributed by atoms with Crippen molar-refractivity contribution in [3.63, 3.8) is 0 Å². The summed E-state index contributed by atoms with van der Waals surface area (Å²) < 4.78 is 0. The molecule has 0 amide bonds. The molecule has 2 N–H and O–H groups in total. The van der Waals surface area contributed by atoms with Crippen molar-refractivity contribution in [2.75, 3.05) is 10.6 Å².